The second-order valence-electron chi connectivity index (χ2n) is 6.99. The van der Waals surface area contributed by atoms with Crippen LogP contribution in [-0.2, 0) is 29.4 Å². The van der Waals surface area contributed by atoms with Gasteiger partial charge >= 0.3 is 0 Å². The van der Waals surface area contributed by atoms with Gasteiger partial charge in [-0.25, -0.2) is 13.1 Å². The third-order valence-electron chi connectivity index (χ3n) is 5.15. The quantitative estimate of drug-likeness (QED) is 0.645. The van der Waals surface area contributed by atoms with Gasteiger partial charge in [-0.3, -0.25) is 9.67 Å². The number of nitrogens with one attached hydrogen (secondary N) is 1. The van der Waals surface area contributed by atoms with Crippen LogP contribution >= 0.6 is 0 Å². The Bertz CT molecular complexity index is 1080. The number of sulfonamides is 1. The number of ether oxygens (including phenoxy) is 1. The second-order valence-corrected chi connectivity index (χ2v) is 8.76. The highest BCUT2D eigenvalue weighted by atomic mass is 32.2. The van der Waals surface area contributed by atoms with Gasteiger partial charge in [0.1, 0.15) is 11.4 Å². The number of rotatable bonds is 7. The highest BCUT2D eigenvalue weighted by Gasteiger charge is 2.22. The van der Waals surface area contributed by atoms with Crippen LogP contribution in [-0.4, -0.2) is 36.8 Å². The molecule has 0 aliphatic heterocycles. The van der Waals surface area contributed by atoms with E-state index in [0.717, 1.165) is 37.1 Å². The van der Waals surface area contributed by atoms with Gasteiger partial charge in [0, 0.05) is 24.0 Å². The van der Waals surface area contributed by atoms with Gasteiger partial charge in [0.25, 0.3) is 0 Å². The maximum Gasteiger partial charge on any atom is 0.240 e. The van der Waals surface area contributed by atoms with Crippen molar-refractivity contribution >= 4 is 10.0 Å². The summed E-state index contributed by atoms with van der Waals surface area (Å²) in [7, 11) is -2.03. The lowest BCUT2D eigenvalue weighted by Crippen LogP contribution is -2.28. The molecule has 2 heterocycles. The van der Waals surface area contributed by atoms with Crippen LogP contribution in [0.5, 0.6) is 5.75 Å². The molecular formula is C21H24N4O3S. The van der Waals surface area contributed by atoms with Crippen molar-refractivity contribution in [2.24, 2.45) is 0 Å². The molecule has 8 heteroatoms. The monoisotopic (exact) mass is 412 g/mol. The molecule has 7 nitrogen and oxygen atoms in total. The van der Waals surface area contributed by atoms with Crippen LogP contribution in [0.1, 0.15) is 24.1 Å². The Labute approximate surface area is 170 Å². The summed E-state index contributed by atoms with van der Waals surface area (Å²) in [5.41, 5.74) is 4.22. The zero-order valence-corrected chi connectivity index (χ0v) is 17.2. The first-order valence-electron chi connectivity index (χ1n) is 9.72. The minimum absolute atomic E-state index is 0.218. The molecule has 0 saturated carbocycles. The number of nitrogens with zero attached hydrogens (tertiary/aromatic N) is 3. The standard InChI is InChI=1S/C21H24N4O3S/c1-28-16-9-11-17(12-10-16)29(26,27)23-14-15-25-20-8-3-2-6-18(20)21(24-25)19-7-4-5-13-22-19/h4-5,7,9-13,23H,2-3,6,8,14-15H2,1H3. The first-order valence-corrected chi connectivity index (χ1v) is 11.2. The molecule has 3 aromatic rings. The fourth-order valence-electron chi connectivity index (χ4n) is 3.69. The Balaban J connectivity index is 1.50. The van der Waals surface area contributed by atoms with E-state index in [0.29, 0.717) is 12.3 Å². The van der Waals surface area contributed by atoms with Crippen molar-refractivity contribution < 1.29 is 13.2 Å². The van der Waals surface area contributed by atoms with E-state index in [-0.39, 0.29) is 11.4 Å². The number of hydrogen-bond acceptors (Lipinski definition) is 5. The molecule has 1 aliphatic carbocycles. The second kappa shape index (κ2) is 8.34. The Morgan fingerprint density at radius 2 is 1.90 bits per heavy atom. The van der Waals surface area contributed by atoms with E-state index < -0.39 is 10.0 Å². The smallest absolute Gasteiger partial charge is 0.240 e. The molecule has 0 spiro atoms. The molecule has 0 amide bonds. The van der Waals surface area contributed by atoms with Crippen molar-refractivity contribution in [2.75, 3.05) is 13.7 Å². The van der Waals surface area contributed by atoms with Gasteiger partial charge in [0.15, 0.2) is 0 Å². The molecule has 0 unspecified atom stereocenters. The Morgan fingerprint density at radius 1 is 1.10 bits per heavy atom. The summed E-state index contributed by atoms with van der Waals surface area (Å²) in [5.74, 6) is 0.620. The molecule has 4 rings (SSSR count). The number of benzene rings is 1. The summed E-state index contributed by atoms with van der Waals surface area (Å²) in [4.78, 5) is 4.66. The number of fused-ring (bicyclic) bond motifs is 1. The van der Waals surface area contributed by atoms with Crippen LogP contribution in [0.25, 0.3) is 11.4 Å². The maximum absolute atomic E-state index is 12.5. The van der Waals surface area contributed by atoms with E-state index in [1.807, 2.05) is 22.9 Å². The van der Waals surface area contributed by atoms with Gasteiger partial charge in [-0.2, -0.15) is 5.10 Å². The van der Waals surface area contributed by atoms with Crippen LogP contribution in [0, 0.1) is 0 Å². The average molecular weight is 413 g/mol. The maximum atomic E-state index is 12.5. The largest absolute Gasteiger partial charge is 0.497 e. The minimum Gasteiger partial charge on any atom is -0.497 e. The van der Waals surface area contributed by atoms with Crippen LogP contribution < -0.4 is 9.46 Å². The lowest BCUT2D eigenvalue weighted by Gasteiger charge is -2.14. The summed E-state index contributed by atoms with van der Waals surface area (Å²) in [6.45, 7) is 0.745. The van der Waals surface area contributed by atoms with E-state index in [4.69, 9.17) is 9.84 Å². The fourth-order valence-corrected chi connectivity index (χ4v) is 4.71. The van der Waals surface area contributed by atoms with Crippen molar-refractivity contribution in [3.05, 3.63) is 59.9 Å². The van der Waals surface area contributed by atoms with Crippen LogP contribution in [0.2, 0.25) is 0 Å². The van der Waals surface area contributed by atoms with E-state index in [1.165, 1.54) is 23.4 Å². The average Bonchev–Trinajstić information content (AvgIpc) is 3.13. The predicted octanol–water partition coefficient (Wildman–Crippen LogP) is 2.81. The first-order chi connectivity index (χ1) is 14.1. The highest BCUT2D eigenvalue weighted by molar-refractivity contribution is 7.89. The van der Waals surface area contributed by atoms with Gasteiger partial charge < -0.3 is 4.74 Å². The highest BCUT2D eigenvalue weighted by Crippen LogP contribution is 2.30. The third kappa shape index (κ3) is 4.18. The van der Waals surface area contributed by atoms with E-state index >= 15 is 0 Å². The van der Waals surface area contributed by atoms with Crippen LogP contribution in [0.3, 0.4) is 0 Å². The van der Waals surface area contributed by atoms with Crippen molar-refractivity contribution in [1.29, 1.82) is 0 Å². The predicted molar refractivity (Wildman–Crippen MR) is 110 cm³/mol. The molecule has 1 aliphatic rings. The van der Waals surface area contributed by atoms with Gasteiger partial charge in [-0.1, -0.05) is 6.07 Å². The van der Waals surface area contributed by atoms with Crippen molar-refractivity contribution in [1.82, 2.24) is 19.5 Å². The SMILES string of the molecule is COc1ccc(S(=O)(=O)NCCn2nc(-c3ccccn3)c3c2CCCC3)cc1. The summed E-state index contributed by atoms with van der Waals surface area (Å²) >= 11 is 0. The number of methoxy groups -OCH3 is 1. The van der Waals surface area contributed by atoms with Gasteiger partial charge in [-0.05, 0) is 62.1 Å². The zero-order valence-electron chi connectivity index (χ0n) is 16.3. The summed E-state index contributed by atoms with van der Waals surface area (Å²) in [5, 5.41) is 4.78. The topological polar surface area (TPSA) is 86.1 Å². The van der Waals surface area contributed by atoms with Crippen molar-refractivity contribution in [3.8, 4) is 17.1 Å². The summed E-state index contributed by atoms with van der Waals surface area (Å²) < 4.78 is 34.8. The molecule has 1 aromatic carbocycles. The fraction of sp³-hybridized carbons (Fsp3) is 0.333. The van der Waals surface area contributed by atoms with Crippen molar-refractivity contribution in [3.63, 3.8) is 0 Å². The van der Waals surface area contributed by atoms with Crippen LogP contribution in [0.15, 0.2) is 53.6 Å². The molecule has 0 fully saturated rings. The summed E-state index contributed by atoms with van der Waals surface area (Å²) in [6.07, 6.45) is 5.98. The number of pyridine rings is 1. The summed E-state index contributed by atoms with van der Waals surface area (Å²) in [6, 6.07) is 12.2. The van der Waals surface area contributed by atoms with Crippen LogP contribution in [0.4, 0.5) is 0 Å². The molecule has 29 heavy (non-hydrogen) atoms. The molecule has 0 radical (unpaired) electrons. The molecule has 0 saturated heterocycles. The van der Waals surface area contributed by atoms with Gasteiger partial charge in [-0.15, -0.1) is 0 Å². The molecule has 152 valence electrons. The number of aromatic nitrogens is 3. The van der Waals surface area contributed by atoms with E-state index in [1.54, 1.807) is 25.4 Å². The molecule has 0 atom stereocenters. The van der Waals surface area contributed by atoms with Gasteiger partial charge in [0.2, 0.25) is 10.0 Å². The third-order valence-corrected chi connectivity index (χ3v) is 6.63. The Morgan fingerprint density at radius 3 is 2.62 bits per heavy atom. The first kappa shape index (κ1) is 19.6. The lowest BCUT2D eigenvalue weighted by atomic mass is 9.95. The normalized spacial score (nSPS) is 13.8. The number of hydrogen-bond donors (Lipinski definition) is 1. The minimum atomic E-state index is -3.58. The zero-order chi connectivity index (χ0) is 20.3. The molecule has 1 N–H and O–H groups in total. The van der Waals surface area contributed by atoms with Crippen molar-refractivity contribution in [2.45, 2.75) is 37.1 Å². The molecular weight excluding hydrogens is 388 g/mol. The Hall–Kier alpha value is -2.71. The Kier molecular flexibility index (Phi) is 5.64. The van der Waals surface area contributed by atoms with E-state index in [9.17, 15) is 8.42 Å². The lowest BCUT2D eigenvalue weighted by molar-refractivity contribution is 0.414. The molecule has 0 bridgehead atoms. The van der Waals surface area contributed by atoms with Gasteiger partial charge in [0.05, 0.1) is 24.2 Å². The molecule has 2 aromatic heterocycles. The van der Waals surface area contributed by atoms with E-state index in [2.05, 4.69) is 9.71 Å².